The molecule has 0 radical (unpaired) electrons. The van der Waals surface area contributed by atoms with E-state index in [-0.39, 0.29) is 0 Å². The van der Waals surface area contributed by atoms with Crippen LogP contribution in [-0.4, -0.2) is 14.5 Å². The van der Waals surface area contributed by atoms with Crippen LogP contribution in [0.3, 0.4) is 0 Å². The number of ether oxygens (including phenoxy) is 1. The van der Waals surface area contributed by atoms with Crippen molar-refractivity contribution in [2.24, 2.45) is 0 Å². The molecule has 0 saturated carbocycles. The summed E-state index contributed by atoms with van der Waals surface area (Å²) in [7, 11) is -0.495. The van der Waals surface area contributed by atoms with Crippen LogP contribution in [0.25, 0.3) is 4.90 Å². The van der Waals surface area contributed by atoms with Gasteiger partial charge in [0.1, 0.15) is 21.4 Å². The second kappa shape index (κ2) is 6.80. The molecule has 1 aromatic heterocycles. The molecule has 0 amide bonds. The van der Waals surface area contributed by atoms with Crippen LogP contribution >= 0.6 is 45.5 Å². The Balaban J connectivity index is 1.97. The van der Waals surface area contributed by atoms with Crippen molar-refractivity contribution in [2.45, 2.75) is 0 Å². The Kier molecular flexibility index (Phi) is 4.77. The van der Waals surface area contributed by atoms with Gasteiger partial charge < -0.3 is 10.6 Å². The van der Waals surface area contributed by atoms with Crippen LogP contribution in [0, 0.1) is 0 Å². The fourth-order valence-electron chi connectivity index (χ4n) is 1.84. The lowest BCUT2D eigenvalue weighted by molar-refractivity contribution is 0.442. The maximum atomic E-state index is 6.13. The van der Waals surface area contributed by atoms with Crippen molar-refractivity contribution >= 4 is 45.5 Å². The Morgan fingerprint density at radius 2 is 1.78 bits per heavy atom. The molecule has 4 N–H and O–H groups in total. The lowest BCUT2D eigenvalue weighted by atomic mass is 10.3. The van der Waals surface area contributed by atoms with E-state index in [1.54, 1.807) is 18.2 Å². The second-order valence-electron chi connectivity index (χ2n) is 4.50. The minimum atomic E-state index is -0.495. The first kappa shape index (κ1) is 16.1. The molecule has 0 spiro atoms. The van der Waals surface area contributed by atoms with Gasteiger partial charge in [-0.3, -0.25) is 0 Å². The number of H-pyrrole nitrogens is 2. The standard InChI is InChI=1S/C14H12Cl3N4OS/c15-9-4-6-10(7-5-9)23-8-13(19-21(18)20-23)22-12-3-1-2-11(16)14(12)17/h1-8,19-20H,18H2/q+1. The average Bonchev–Trinajstić information content (AvgIpc) is 2.52. The van der Waals surface area contributed by atoms with E-state index in [1.807, 2.05) is 29.6 Å². The minimum Gasteiger partial charge on any atom is -0.434 e. The highest BCUT2D eigenvalue weighted by atomic mass is 35.5. The summed E-state index contributed by atoms with van der Waals surface area (Å²) < 4.78 is 8.83. The summed E-state index contributed by atoms with van der Waals surface area (Å²) in [6.45, 7) is 0. The van der Waals surface area contributed by atoms with Gasteiger partial charge in [-0.2, -0.15) is 0 Å². The Labute approximate surface area is 149 Å². The fourth-order valence-corrected chi connectivity index (χ4v) is 3.59. The van der Waals surface area contributed by atoms with Gasteiger partial charge in [-0.25, -0.2) is 5.10 Å². The number of benzene rings is 2. The Bertz CT molecular complexity index is 861. The van der Waals surface area contributed by atoms with E-state index in [2.05, 4.69) is 9.59 Å². The number of halogens is 3. The van der Waals surface area contributed by atoms with Crippen LogP contribution in [0.5, 0.6) is 11.6 Å². The highest BCUT2D eigenvalue weighted by molar-refractivity contribution is 7.33. The number of hydrogen-bond donors (Lipinski definition) is 3. The maximum Gasteiger partial charge on any atom is 0.271 e. The predicted octanol–water partition coefficient (Wildman–Crippen LogP) is 5.47. The van der Waals surface area contributed by atoms with Gasteiger partial charge in [0.25, 0.3) is 5.88 Å². The number of hydrogen-bond acceptors (Lipinski definition) is 2. The number of nitrogen functional groups attached to an aromatic ring is 1. The van der Waals surface area contributed by atoms with Crippen LogP contribution in [0.4, 0.5) is 0 Å². The Morgan fingerprint density at radius 3 is 2.52 bits per heavy atom. The molecule has 1 atom stereocenters. The highest BCUT2D eigenvalue weighted by Gasteiger charge is 2.14. The first-order chi connectivity index (χ1) is 11.0. The van der Waals surface area contributed by atoms with Crippen LogP contribution in [-0.2, 0) is 0 Å². The van der Waals surface area contributed by atoms with Crippen molar-refractivity contribution in [2.75, 3.05) is 5.84 Å². The van der Waals surface area contributed by atoms with Crippen LogP contribution in [0.2, 0.25) is 15.1 Å². The normalized spacial score (nSPS) is 11.3. The molecule has 0 aliphatic carbocycles. The van der Waals surface area contributed by atoms with E-state index < -0.39 is 10.7 Å². The molecule has 3 rings (SSSR count). The monoisotopic (exact) mass is 389 g/mol. The van der Waals surface area contributed by atoms with Gasteiger partial charge in [-0.15, -0.1) is 0 Å². The van der Waals surface area contributed by atoms with Gasteiger partial charge in [-0.05, 0) is 24.3 Å². The maximum absolute atomic E-state index is 6.13. The first-order valence-corrected chi connectivity index (χ1v) is 8.85. The second-order valence-corrected chi connectivity index (χ2v) is 7.29. The van der Waals surface area contributed by atoms with Crippen molar-refractivity contribution in [1.82, 2.24) is 14.5 Å². The number of nitrogens with one attached hydrogen (secondary N) is 2. The predicted molar refractivity (Wildman–Crippen MR) is 96.3 cm³/mol. The fraction of sp³-hybridized carbons (Fsp3) is 0. The molecule has 120 valence electrons. The van der Waals surface area contributed by atoms with Gasteiger partial charge in [0.05, 0.1) is 5.02 Å². The summed E-state index contributed by atoms with van der Waals surface area (Å²) >= 11 is 18.0. The summed E-state index contributed by atoms with van der Waals surface area (Å²) in [5.74, 6) is 6.69. The Hall–Kier alpha value is -1.73. The third-order valence-electron chi connectivity index (χ3n) is 2.86. The molecule has 0 bridgehead atoms. The average molecular weight is 391 g/mol. The lowest BCUT2D eigenvalue weighted by Crippen LogP contribution is -2.16. The molecule has 0 aliphatic rings. The summed E-state index contributed by atoms with van der Waals surface area (Å²) in [5, 5.41) is 6.13. The SMILES string of the molecule is Nn1[nH]c(Oc2cccc(Cl)c2Cl)c[s+](-c2ccc(Cl)cc2)[nH]1. The summed E-state index contributed by atoms with van der Waals surface area (Å²) in [6.07, 6.45) is 0. The van der Waals surface area contributed by atoms with Crippen molar-refractivity contribution in [3.05, 3.63) is 62.9 Å². The van der Waals surface area contributed by atoms with E-state index in [0.717, 1.165) is 4.90 Å². The molecule has 1 heterocycles. The molecule has 0 saturated heterocycles. The van der Waals surface area contributed by atoms with E-state index in [4.69, 9.17) is 45.4 Å². The van der Waals surface area contributed by atoms with Gasteiger partial charge in [-0.1, -0.05) is 50.3 Å². The molecule has 1 unspecified atom stereocenters. The topological polar surface area (TPSA) is 71.8 Å². The minimum absolute atomic E-state index is 0.338. The summed E-state index contributed by atoms with van der Waals surface area (Å²) in [4.78, 5) is 2.23. The van der Waals surface area contributed by atoms with Gasteiger partial charge in [0, 0.05) is 17.2 Å². The number of aromatic amines is 2. The third kappa shape index (κ3) is 3.79. The van der Waals surface area contributed by atoms with Crippen LogP contribution < -0.4 is 10.6 Å². The number of rotatable bonds is 3. The summed E-state index contributed by atoms with van der Waals surface area (Å²) in [5.41, 5.74) is 0. The lowest BCUT2D eigenvalue weighted by Gasteiger charge is -2.08. The number of aromatic nitrogens is 3. The number of nitrogens with two attached hydrogens (primary N) is 1. The first-order valence-electron chi connectivity index (χ1n) is 6.43. The molecule has 0 aliphatic heterocycles. The van der Waals surface area contributed by atoms with E-state index >= 15 is 0 Å². The molecule has 2 aromatic carbocycles. The third-order valence-corrected chi connectivity index (χ3v) is 5.53. The van der Waals surface area contributed by atoms with Crippen LogP contribution in [0.15, 0.2) is 47.8 Å². The largest absolute Gasteiger partial charge is 0.434 e. The molecule has 3 aromatic rings. The molecule has 5 nitrogen and oxygen atoms in total. The van der Waals surface area contributed by atoms with Crippen molar-refractivity contribution in [3.63, 3.8) is 0 Å². The Morgan fingerprint density at radius 1 is 1.04 bits per heavy atom. The van der Waals surface area contributed by atoms with Crippen molar-refractivity contribution in [1.29, 1.82) is 0 Å². The van der Waals surface area contributed by atoms with Crippen molar-refractivity contribution < 1.29 is 4.74 Å². The smallest absolute Gasteiger partial charge is 0.271 e. The molecule has 9 heteroatoms. The molecular weight excluding hydrogens is 379 g/mol. The van der Waals surface area contributed by atoms with Gasteiger partial charge in [0.2, 0.25) is 10.3 Å². The van der Waals surface area contributed by atoms with E-state index in [0.29, 0.717) is 26.7 Å². The van der Waals surface area contributed by atoms with E-state index in [9.17, 15) is 0 Å². The zero-order chi connectivity index (χ0) is 16.4. The van der Waals surface area contributed by atoms with Gasteiger partial charge in [0.15, 0.2) is 0 Å². The number of nitrogens with zero attached hydrogens (tertiary/aromatic N) is 1. The van der Waals surface area contributed by atoms with E-state index in [1.165, 1.54) is 4.91 Å². The van der Waals surface area contributed by atoms with Crippen molar-refractivity contribution in [3.8, 4) is 16.5 Å². The molecular formula is C14H12Cl3N4OS+. The van der Waals surface area contributed by atoms with Crippen LogP contribution in [0.1, 0.15) is 0 Å². The zero-order valence-electron chi connectivity index (χ0n) is 11.6. The summed E-state index contributed by atoms with van der Waals surface area (Å²) in [6, 6.07) is 12.6. The highest BCUT2D eigenvalue weighted by Crippen LogP contribution is 2.36. The molecule has 0 fully saturated rings. The zero-order valence-corrected chi connectivity index (χ0v) is 14.7. The molecule has 23 heavy (non-hydrogen) atoms. The van der Waals surface area contributed by atoms with Gasteiger partial charge >= 0.3 is 0 Å². The quantitative estimate of drug-likeness (QED) is 0.409.